The number of benzene rings is 1. The topological polar surface area (TPSA) is 42.2 Å². The standard InChI is InChI=1S/C15H17NO2/c1-2-16-13-6-4-3-5-11(13)12-9-10(15(17)18)7-8-14(12)16/h7-9H,2-6H2,1H3,(H,17,18). The third kappa shape index (κ3) is 1.54. The van der Waals surface area contributed by atoms with E-state index in [1.807, 2.05) is 12.1 Å². The number of nitrogens with zero attached hydrogens (tertiary/aromatic N) is 1. The molecule has 3 heteroatoms. The fourth-order valence-corrected chi connectivity index (χ4v) is 3.13. The molecule has 1 N–H and O–H groups in total. The Morgan fingerprint density at radius 2 is 2.11 bits per heavy atom. The normalized spacial score (nSPS) is 14.7. The molecule has 0 fully saturated rings. The summed E-state index contributed by atoms with van der Waals surface area (Å²) in [5, 5.41) is 10.3. The van der Waals surface area contributed by atoms with Gasteiger partial charge in [-0.3, -0.25) is 0 Å². The van der Waals surface area contributed by atoms with E-state index < -0.39 is 5.97 Å². The van der Waals surface area contributed by atoms with Crippen LogP contribution >= 0.6 is 0 Å². The van der Waals surface area contributed by atoms with Crippen LogP contribution in [0.3, 0.4) is 0 Å². The van der Waals surface area contributed by atoms with Gasteiger partial charge in [0.05, 0.1) is 5.56 Å². The van der Waals surface area contributed by atoms with E-state index in [4.69, 9.17) is 5.11 Å². The molecule has 0 saturated heterocycles. The molecule has 0 bridgehead atoms. The van der Waals surface area contributed by atoms with E-state index in [1.54, 1.807) is 6.07 Å². The van der Waals surface area contributed by atoms with Crippen molar-refractivity contribution in [3.63, 3.8) is 0 Å². The Morgan fingerprint density at radius 1 is 1.33 bits per heavy atom. The first-order valence-electron chi connectivity index (χ1n) is 6.59. The second-order valence-electron chi connectivity index (χ2n) is 4.91. The van der Waals surface area contributed by atoms with Crippen molar-refractivity contribution < 1.29 is 9.90 Å². The zero-order valence-electron chi connectivity index (χ0n) is 10.6. The van der Waals surface area contributed by atoms with Crippen LogP contribution in [0.25, 0.3) is 10.9 Å². The maximum atomic E-state index is 11.1. The van der Waals surface area contributed by atoms with Crippen LogP contribution in [0.2, 0.25) is 0 Å². The Labute approximate surface area is 106 Å². The van der Waals surface area contributed by atoms with E-state index in [0.717, 1.165) is 24.8 Å². The SMILES string of the molecule is CCn1c2c(c3cc(C(=O)O)ccc31)CCCC2. The van der Waals surface area contributed by atoms with Crippen molar-refractivity contribution in [2.24, 2.45) is 0 Å². The fraction of sp³-hybridized carbons (Fsp3) is 0.400. The number of aromatic nitrogens is 1. The molecule has 94 valence electrons. The zero-order valence-corrected chi connectivity index (χ0v) is 10.6. The number of hydrogen-bond donors (Lipinski definition) is 1. The highest BCUT2D eigenvalue weighted by atomic mass is 16.4. The minimum absolute atomic E-state index is 0.393. The highest BCUT2D eigenvalue weighted by molar-refractivity contribution is 5.95. The summed E-state index contributed by atoms with van der Waals surface area (Å²) in [6.45, 7) is 3.11. The monoisotopic (exact) mass is 243 g/mol. The van der Waals surface area contributed by atoms with Crippen molar-refractivity contribution in [1.29, 1.82) is 0 Å². The number of aryl methyl sites for hydroxylation is 2. The Bertz CT molecular complexity index is 625. The molecule has 3 nitrogen and oxygen atoms in total. The number of carbonyl (C=O) groups is 1. The van der Waals surface area contributed by atoms with E-state index in [1.165, 1.54) is 29.6 Å². The lowest BCUT2D eigenvalue weighted by Gasteiger charge is -2.14. The minimum atomic E-state index is -0.842. The van der Waals surface area contributed by atoms with Gasteiger partial charge in [-0.2, -0.15) is 0 Å². The summed E-state index contributed by atoms with van der Waals surface area (Å²) in [6, 6.07) is 5.51. The van der Waals surface area contributed by atoms with E-state index in [-0.39, 0.29) is 0 Å². The van der Waals surface area contributed by atoms with Crippen LogP contribution in [0.4, 0.5) is 0 Å². The predicted molar refractivity (Wildman–Crippen MR) is 71.2 cm³/mol. The molecule has 18 heavy (non-hydrogen) atoms. The lowest BCUT2D eigenvalue weighted by atomic mass is 9.95. The highest BCUT2D eigenvalue weighted by Gasteiger charge is 2.20. The van der Waals surface area contributed by atoms with Gasteiger partial charge in [0.2, 0.25) is 0 Å². The molecule has 1 aliphatic carbocycles. The molecule has 0 atom stereocenters. The molecule has 0 aliphatic heterocycles. The molecule has 2 aromatic rings. The van der Waals surface area contributed by atoms with Gasteiger partial charge in [-0.15, -0.1) is 0 Å². The Kier molecular flexibility index (Phi) is 2.62. The summed E-state index contributed by atoms with van der Waals surface area (Å²) >= 11 is 0. The molecule has 1 heterocycles. The van der Waals surface area contributed by atoms with Crippen molar-refractivity contribution in [3.8, 4) is 0 Å². The molecule has 0 radical (unpaired) electrons. The Hall–Kier alpha value is -1.77. The van der Waals surface area contributed by atoms with Crippen LogP contribution in [0.5, 0.6) is 0 Å². The van der Waals surface area contributed by atoms with Crippen molar-refractivity contribution in [1.82, 2.24) is 4.57 Å². The molecule has 0 amide bonds. The molecule has 0 spiro atoms. The summed E-state index contributed by atoms with van der Waals surface area (Å²) in [5.41, 5.74) is 4.38. The molecule has 1 aliphatic rings. The van der Waals surface area contributed by atoms with E-state index in [2.05, 4.69) is 11.5 Å². The number of fused-ring (bicyclic) bond motifs is 3. The van der Waals surface area contributed by atoms with Crippen LogP contribution < -0.4 is 0 Å². The average molecular weight is 243 g/mol. The quantitative estimate of drug-likeness (QED) is 0.879. The first-order valence-corrected chi connectivity index (χ1v) is 6.59. The molecule has 1 aromatic carbocycles. The predicted octanol–water partition coefficient (Wildman–Crippen LogP) is 3.24. The molecule has 1 aromatic heterocycles. The molecular formula is C15H17NO2. The molecule has 3 rings (SSSR count). The summed E-state index contributed by atoms with van der Waals surface area (Å²) in [5.74, 6) is -0.842. The van der Waals surface area contributed by atoms with Gasteiger partial charge in [-0.1, -0.05) is 0 Å². The third-order valence-electron chi connectivity index (χ3n) is 3.94. The van der Waals surface area contributed by atoms with Gasteiger partial charge in [0.25, 0.3) is 0 Å². The first kappa shape index (κ1) is 11.3. The number of hydrogen-bond acceptors (Lipinski definition) is 1. The van der Waals surface area contributed by atoms with Crippen molar-refractivity contribution in [2.75, 3.05) is 0 Å². The van der Waals surface area contributed by atoms with Crippen LogP contribution in [0, 0.1) is 0 Å². The highest BCUT2D eigenvalue weighted by Crippen LogP contribution is 2.32. The van der Waals surface area contributed by atoms with Gasteiger partial charge in [-0.25, -0.2) is 4.79 Å². The average Bonchev–Trinajstić information content (AvgIpc) is 2.71. The smallest absolute Gasteiger partial charge is 0.335 e. The number of carboxylic acids is 1. The summed E-state index contributed by atoms with van der Waals surface area (Å²) < 4.78 is 2.34. The van der Waals surface area contributed by atoms with Gasteiger partial charge >= 0.3 is 5.97 Å². The van der Waals surface area contributed by atoms with Gasteiger partial charge in [-0.05, 0) is 56.4 Å². The summed E-state index contributed by atoms with van der Waals surface area (Å²) in [4.78, 5) is 11.1. The Balaban J connectivity index is 2.31. The number of aromatic carboxylic acids is 1. The van der Waals surface area contributed by atoms with Crippen molar-refractivity contribution in [2.45, 2.75) is 39.2 Å². The lowest BCUT2D eigenvalue weighted by Crippen LogP contribution is -2.06. The van der Waals surface area contributed by atoms with Gasteiger partial charge in [0, 0.05) is 23.1 Å². The van der Waals surface area contributed by atoms with E-state index in [0.29, 0.717) is 5.56 Å². The van der Waals surface area contributed by atoms with E-state index >= 15 is 0 Å². The molecule has 0 saturated carbocycles. The van der Waals surface area contributed by atoms with E-state index in [9.17, 15) is 4.79 Å². The minimum Gasteiger partial charge on any atom is -0.478 e. The molecule has 0 unspecified atom stereocenters. The van der Waals surface area contributed by atoms with Crippen LogP contribution in [0.1, 0.15) is 41.4 Å². The number of rotatable bonds is 2. The van der Waals surface area contributed by atoms with Crippen LogP contribution in [-0.4, -0.2) is 15.6 Å². The van der Waals surface area contributed by atoms with Gasteiger partial charge in [0.1, 0.15) is 0 Å². The fourth-order valence-electron chi connectivity index (χ4n) is 3.13. The van der Waals surface area contributed by atoms with Gasteiger partial charge < -0.3 is 9.67 Å². The summed E-state index contributed by atoms with van der Waals surface area (Å²) in [7, 11) is 0. The second-order valence-corrected chi connectivity index (χ2v) is 4.91. The Morgan fingerprint density at radius 3 is 2.83 bits per heavy atom. The second kappa shape index (κ2) is 4.16. The third-order valence-corrected chi connectivity index (χ3v) is 3.94. The summed E-state index contributed by atoms with van der Waals surface area (Å²) in [6.07, 6.45) is 4.67. The lowest BCUT2D eigenvalue weighted by molar-refractivity contribution is 0.0697. The molecular weight excluding hydrogens is 226 g/mol. The number of carboxylic acid groups (broad SMARTS) is 1. The maximum absolute atomic E-state index is 11.1. The first-order chi connectivity index (χ1) is 8.72. The maximum Gasteiger partial charge on any atom is 0.335 e. The van der Waals surface area contributed by atoms with Crippen molar-refractivity contribution >= 4 is 16.9 Å². The van der Waals surface area contributed by atoms with Crippen molar-refractivity contribution in [3.05, 3.63) is 35.0 Å². The van der Waals surface area contributed by atoms with Gasteiger partial charge in [0.15, 0.2) is 0 Å². The largest absolute Gasteiger partial charge is 0.478 e. The van der Waals surface area contributed by atoms with Crippen LogP contribution in [-0.2, 0) is 19.4 Å². The zero-order chi connectivity index (χ0) is 12.7. The van der Waals surface area contributed by atoms with Crippen LogP contribution in [0.15, 0.2) is 18.2 Å².